The fraction of sp³-hybridized carbons (Fsp3) is 0.263. The van der Waals surface area contributed by atoms with Gasteiger partial charge in [0.2, 0.25) is 10.0 Å². The van der Waals surface area contributed by atoms with E-state index in [0.29, 0.717) is 19.4 Å². The fourth-order valence-electron chi connectivity index (χ4n) is 2.52. The van der Waals surface area contributed by atoms with Crippen LogP contribution >= 0.6 is 11.3 Å². The summed E-state index contributed by atoms with van der Waals surface area (Å²) >= 11 is 1.65. The Morgan fingerprint density at radius 1 is 1.08 bits per heavy atom. The van der Waals surface area contributed by atoms with Crippen LogP contribution in [0, 0.1) is 0 Å². The second-order valence-corrected chi connectivity index (χ2v) is 8.93. The maximum atomic E-state index is 12.2. The summed E-state index contributed by atoms with van der Waals surface area (Å²) in [5, 5.41) is 0. The van der Waals surface area contributed by atoms with E-state index < -0.39 is 10.0 Å². The minimum Gasteiger partial charge on any atom is -0.497 e. The van der Waals surface area contributed by atoms with Crippen molar-refractivity contribution in [1.82, 2.24) is 4.72 Å². The van der Waals surface area contributed by atoms with Gasteiger partial charge in [0.25, 0.3) is 0 Å². The van der Waals surface area contributed by atoms with Gasteiger partial charge in [-0.2, -0.15) is 0 Å². The maximum Gasteiger partial charge on any atom is 0.211 e. The molecule has 0 unspecified atom stereocenters. The van der Waals surface area contributed by atoms with E-state index in [9.17, 15) is 8.42 Å². The van der Waals surface area contributed by atoms with Gasteiger partial charge in [-0.3, -0.25) is 0 Å². The molecule has 0 atom stereocenters. The first-order chi connectivity index (χ1) is 12.6. The number of furan rings is 1. The summed E-state index contributed by atoms with van der Waals surface area (Å²) in [6.07, 6.45) is 4.50. The van der Waals surface area contributed by atoms with Crippen LogP contribution in [0.15, 0.2) is 59.4 Å². The van der Waals surface area contributed by atoms with Gasteiger partial charge in [0.15, 0.2) is 0 Å². The third-order valence-corrected chi connectivity index (χ3v) is 6.56. The number of thiophene rings is 1. The third-order valence-electron chi connectivity index (χ3n) is 3.98. The average Bonchev–Trinajstić information content (AvgIpc) is 3.32. The van der Waals surface area contributed by atoms with Crippen molar-refractivity contribution in [3.8, 4) is 16.2 Å². The van der Waals surface area contributed by atoms with Crippen LogP contribution in [0.5, 0.6) is 5.75 Å². The Bertz CT molecular complexity index is 913. The van der Waals surface area contributed by atoms with Crippen molar-refractivity contribution in [1.29, 1.82) is 0 Å². The molecule has 1 N–H and O–H groups in total. The van der Waals surface area contributed by atoms with Crippen molar-refractivity contribution in [3.05, 3.63) is 65.4 Å². The Morgan fingerprint density at radius 2 is 1.88 bits per heavy atom. The van der Waals surface area contributed by atoms with E-state index in [4.69, 9.17) is 9.15 Å². The number of methoxy groups -OCH3 is 1. The van der Waals surface area contributed by atoms with Crippen LogP contribution in [-0.2, 0) is 22.9 Å². The number of ether oxygens (including phenoxy) is 1. The molecule has 138 valence electrons. The fourth-order valence-corrected chi connectivity index (χ4v) is 4.57. The summed E-state index contributed by atoms with van der Waals surface area (Å²) in [5.74, 6) is 0.838. The molecule has 2 heterocycles. The molecule has 0 saturated carbocycles. The van der Waals surface area contributed by atoms with Gasteiger partial charge in [-0.05, 0) is 48.7 Å². The van der Waals surface area contributed by atoms with Crippen molar-refractivity contribution in [2.45, 2.75) is 12.8 Å². The number of benzene rings is 1. The van der Waals surface area contributed by atoms with Crippen molar-refractivity contribution < 1.29 is 17.6 Å². The first-order valence-electron chi connectivity index (χ1n) is 8.27. The van der Waals surface area contributed by atoms with Gasteiger partial charge in [-0.15, -0.1) is 11.3 Å². The molecular formula is C19H21NO4S2. The van der Waals surface area contributed by atoms with Crippen LogP contribution in [0.1, 0.15) is 10.4 Å². The van der Waals surface area contributed by atoms with Crippen LogP contribution < -0.4 is 9.46 Å². The molecule has 0 spiro atoms. The van der Waals surface area contributed by atoms with Crippen LogP contribution in [-0.4, -0.2) is 27.8 Å². The van der Waals surface area contributed by atoms with E-state index in [0.717, 1.165) is 26.6 Å². The molecule has 26 heavy (non-hydrogen) atoms. The Kier molecular flexibility index (Phi) is 6.13. The van der Waals surface area contributed by atoms with Crippen LogP contribution in [0.4, 0.5) is 0 Å². The smallest absolute Gasteiger partial charge is 0.211 e. The molecule has 0 amide bonds. The van der Waals surface area contributed by atoms with Crippen molar-refractivity contribution in [2.24, 2.45) is 0 Å². The van der Waals surface area contributed by atoms with Gasteiger partial charge in [-0.1, -0.05) is 12.1 Å². The minimum absolute atomic E-state index is 0.0735. The molecule has 0 aliphatic heterocycles. The monoisotopic (exact) mass is 391 g/mol. The number of nitrogens with one attached hydrogen (secondary N) is 1. The molecule has 0 aliphatic rings. The van der Waals surface area contributed by atoms with Crippen molar-refractivity contribution >= 4 is 21.4 Å². The normalized spacial score (nSPS) is 11.6. The molecule has 1 aromatic carbocycles. The summed E-state index contributed by atoms with van der Waals surface area (Å²) in [6.45, 7) is 0.399. The second kappa shape index (κ2) is 8.53. The highest BCUT2D eigenvalue weighted by atomic mass is 32.2. The predicted octanol–water partition coefficient (Wildman–Crippen LogP) is 3.72. The van der Waals surface area contributed by atoms with E-state index in [1.807, 2.05) is 42.5 Å². The number of hydrogen-bond acceptors (Lipinski definition) is 5. The van der Waals surface area contributed by atoms with Crippen LogP contribution in [0.2, 0.25) is 0 Å². The maximum absolute atomic E-state index is 12.2. The minimum atomic E-state index is -3.29. The zero-order chi connectivity index (χ0) is 18.4. The molecule has 0 saturated heterocycles. The average molecular weight is 392 g/mol. The largest absolute Gasteiger partial charge is 0.497 e. The standard InChI is InChI=1S/C19H21NO4S2/c1-23-17-4-2-15(3-5-17)10-13-26(21,22)20-11-8-18-6-7-19(25-18)16-9-12-24-14-16/h2-7,9,12,14,20H,8,10-11,13H2,1H3. The zero-order valence-electron chi connectivity index (χ0n) is 14.5. The highest BCUT2D eigenvalue weighted by Gasteiger charge is 2.11. The lowest BCUT2D eigenvalue weighted by molar-refractivity contribution is 0.414. The Morgan fingerprint density at radius 3 is 2.58 bits per heavy atom. The van der Waals surface area contributed by atoms with Crippen LogP contribution in [0.25, 0.3) is 10.4 Å². The zero-order valence-corrected chi connectivity index (χ0v) is 16.1. The van der Waals surface area contributed by atoms with E-state index >= 15 is 0 Å². The lowest BCUT2D eigenvalue weighted by Gasteiger charge is -2.07. The quantitative estimate of drug-likeness (QED) is 0.604. The topological polar surface area (TPSA) is 68.5 Å². The molecule has 0 fully saturated rings. The molecule has 5 nitrogen and oxygen atoms in total. The molecule has 0 radical (unpaired) electrons. The van der Waals surface area contributed by atoms with Gasteiger partial charge in [0.1, 0.15) is 5.75 Å². The highest BCUT2D eigenvalue weighted by Crippen LogP contribution is 2.28. The number of aryl methyl sites for hydroxylation is 1. The van der Waals surface area contributed by atoms with E-state index in [2.05, 4.69) is 4.72 Å². The van der Waals surface area contributed by atoms with Crippen molar-refractivity contribution in [2.75, 3.05) is 19.4 Å². The highest BCUT2D eigenvalue weighted by molar-refractivity contribution is 7.89. The lowest BCUT2D eigenvalue weighted by atomic mass is 10.2. The van der Waals surface area contributed by atoms with Gasteiger partial charge in [0.05, 0.1) is 25.4 Å². The van der Waals surface area contributed by atoms with Gasteiger partial charge < -0.3 is 9.15 Å². The summed E-state index contributed by atoms with van der Waals surface area (Å²) in [4.78, 5) is 2.26. The molecular weight excluding hydrogens is 370 g/mol. The summed E-state index contributed by atoms with van der Waals surface area (Å²) in [7, 11) is -1.69. The van der Waals surface area contributed by atoms with Crippen LogP contribution in [0.3, 0.4) is 0 Å². The van der Waals surface area contributed by atoms with E-state index in [1.54, 1.807) is 31.0 Å². The van der Waals surface area contributed by atoms with Gasteiger partial charge >= 0.3 is 0 Å². The lowest BCUT2D eigenvalue weighted by Crippen LogP contribution is -2.29. The summed E-state index contributed by atoms with van der Waals surface area (Å²) in [6, 6.07) is 13.4. The van der Waals surface area contributed by atoms with Crippen molar-refractivity contribution in [3.63, 3.8) is 0 Å². The molecule has 7 heteroatoms. The Labute approximate surface area is 157 Å². The first kappa shape index (κ1) is 18.7. The van der Waals surface area contributed by atoms with Gasteiger partial charge in [-0.25, -0.2) is 13.1 Å². The molecule has 2 aromatic heterocycles. The second-order valence-electron chi connectivity index (χ2n) is 5.84. The molecule has 0 aliphatic carbocycles. The molecule has 3 rings (SSSR count). The molecule has 0 bridgehead atoms. The SMILES string of the molecule is COc1ccc(CCS(=O)(=O)NCCc2ccc(-c3ccoc3)s2)cc1. The Hall–Kier alpha value is -2.09. The number of hydrogen-bond donors (Lipinski definition) is 1. The Balaban J connectivity index is 1.46. The summed E-state index contributed by atoms with van der Waals surface area (Å²) < 4.78 is 37.2. The predicted molar refractivity (Wildman–Crippen MR) is 104 cm³/mol. The van der Waals surface area contributed by atoms with Gasteiger partial charge in [0, 0.05) is 21.9 Å². The molecule has 3 aromatic rings. The van der Waals surface area contributed by atoms with E-state index in [1.165, 1.54) is 0 Å². The number of sulfonamides is 1. The first-order valence-corrected chi connectivity index (χ1v) is 10.7. The summed E-state index contributed by atoms with van der Waals surface area (Å²) in [5.41, 5.74) is 2.01. The third kappa shape index (κ3) is 5.20. The number of rotatable bonds is 9. The van der Waals surface area contributed by atoms with E-state index in [-0.39, 0.29) is 5.75 Å².